The Morgan fingerprint density at radius 2 is 2.19 bits per heavy atom. The molecule has 0 aromatic heterocycles. The van der Waals surface area contributed by atoms with E-state index in [0.717, 1.165) is 6.42 Å². The molecule has 1 saturated carbocycles. The zero-order valence-electron chi connectivity index (χ0n) is 10.5. The molecule has 4 atom stereocenters. The summed E-state index contributed by atoms with van der Waals surface area (Å²) in [6.07, 6.45) is 5.75. The van der Waals surface area contributed by atoms with Gasteiger partial charge in [-0.1, -0.05) is 26.3 Å². The molecule has 4 unspecified atom stereocenters. The van der Waals surface area contributed by atoms with Crippen LogP contribution in [0, 0.1) is 17.3 Å². The molecule has 90 valence electrons. The minimum absolute atomic E-state index is 0.123. The summed E-state index contributed by atoms with van der Waals surface area (Å²) in [7, 11) is 0. The lowest BCUT2D eigenvalue weighted by Gasteiger charge is -2.47. The molecule has 2 rings (SSSR count). The molecule has 2 aliphatic carbocycles. The molecule has 1 N–H and O–H groups in total. The number of fused-ring (bicyclic) bond motifs is 1. The summed E-state index contributed by atoms with van der Waals surface area (Å²) in [4.78, 5) is 11.9. The largest absolute Gasteiger partial charge is 0.389 e. The van der Waals surface area contributed by atoms with Gasteiger partial charge in [0, 0.05) is 12.0 Å². The Bertz CT molecular complexity index is 330. The van der Waals surface area contributed by atoms with Crippen LogP contribution in [0.25, 0.3) is 0 Å². The number of hydrogen-bond acceptors (Lipinski definition) is 2. The Hall–Kier alpha value is -0.630. The molecule has 0 heterocycles. The molecule has 2 nitrogen and oxygen atoms in total. The van der Waals surface area contributed by atoms with Crippen LogP contribution in [0.5, 0.6) is 0 Å². The van der Waals surface area contributed by atoms with Crippen LogP contribution >= 0.6 is 0 Å². The molecular weight excluding hydrogens is 200 g/mol. The SMILES string of the molecule is CC(O)C1=CC2(C)C(C)CCCC2CC1=O. The zero-order chi connectivity index (χ0) is 11.9. The highest BCUT2D eigenvalue weighted by Crippen LogP contribution is 2.51. The minimum Gasteiger partial charge on any atom is -0.389 e. The van der Waals surface area contributed by atoms with Crippen LogP contribution in [-0.2, 0) is 4.79 Å². The van der Waals surface area contributed by atoms with E-state index in [9.17, 15) is 9.90 Å². The number of Topliss-reactive ketones (excluding diaryl/α,β-unsaturated/α-hetero) is 1. The van der Waals surface area contributed by atoms with Crippen LogP contribution in [-0.4, -0.2) is 17.0 Å². The van der Waals surface area contributed by atoms with Gasteiger partial charge in [-0.25, -0.2) is 0 Å². The van der Waals surface area contributed by atoms with E-state index in [1.54, 1.807) is 6.92 Å². The molecule has 0 aromatic carbocycles. The third kappa shape index (κ3) is 1.73. The number of allylic oxidation sites excluding steroid dienone is 1. The number of carbonyl (C=O) groups excluding carboxylic acids is 1. The van der Waals surface area contributed by atoms with Crippen LogP contribution < -0.4 is 0 Å². The third-order valence-electron chi connectivity index (χ3n) is 4.80. The summed E-state index contributed by atoms with van der Waals surface area (Å²) >= 11 is 0. The first kappa shape index (κ1) is 11.8. The average molecular weight is 222 g/mol. The van der Waals surface area contributed by atoms with Crippen molar-refractivity contribution in [3.8, 4) is 0 Å². The fraction of sp³-hybridized carbons (Fsp3) is 0.786. The molecule has 0 aliphatic heterocycles. The molecule has 0 amide bonds. The Morgan fingerprint density at radius 3 is 2.81 bits per heavy atom. The van der Waals surface area contributed by atoms with Gasteiger partial charge in [-0.2, -0.15) is 0 Å². The van der Waals surface area contributed by atoms with Crippen LogP contribution in [0.4, 0.5) is 0 Å². The topological polar surface area (TPSA) is 37.3 Å². The molecule has 0 bridgehead atoms. The van der Waals surface area contributed by atoms with Gasteiger partial charge in [0.05, 0.1) is 6.10 Å². The summed E-state index contributed by atoms with van der Waals surface area (Å²) in [6, 6.07) is 0. The van der Waals surface area contributed by atoms with E-state index in [2.05, 4.69) is 19.9 Å². The summed E-state index contributed by atoms with van der Waals surface area (Å²) in [5.41, 5.74) is 0.769. The minimum atomic E-state index is -0.612. The maximum atomic E-state index is 11.9. The summed E-state index contributed by atoms with van der Waals surface area (Å²) in [6.45, 7) is 6.23. The summed E-state index contributed by atoms with van der Waals surface area (Å²) in [5.74, 6) is 1.27. The molecular formula is C14H22O2. The molecule has 0 aromatic rings. The number of rotatable bonds is 1. The first-order valence-corrected chi connectivity index (χ1v) is 6.39. The van der Waals surface area contributed by atoms with Crippen molar-refractivity contribution in [2.45, 2.75) is 52.6 Å². The molecule has 2 aliphatic rings. The number of carbonyl (C=O) groups is 1. The molecule has 0 spiro atoms. The van der Waals surface area contributed by atoms with Crippen molar-refractivity contribution in [2.24, 2.45) is 17.3 Å². The van der Waals surface area contributed by atoms with Gasteiger partial charge in [0.2, 0.25) is 0 Å². The lowest BCUT2D eigenvalue weighted by atomic mass is 9.57. The van der Waals surface area contributed by atoms with Gasteiger partial charge in [0.15, 0.2) is 5.78 Å². The second-order valence-electron chi connectivity index (χ2n) is 5.80. The van der Waals surface area contributed by atoms with E-state index < -0.39 is 6.10 Å². The summed E-state index contributed by atoms with van der Waals surface area (Å²) < 4.78 is 0. The predicted molar refractivity (Wildman–Crippen MR) is 64.0 cm³/mol. The van der Waals surface area contributed by atoms with E-state index >= 15 is 0 Å². The monoisotopic (exact) mass is 222 g/mol. The van der Waals surface area contributed by atoms with Crippen molar-refractivity contribution >= 4 is 5.78 Å². The maximum absolute atomic E-state index is 11.9. The normalized spacial score (nSPS) is 41.2. The second-order valence-corrected chi connectivity index (χ2v) is 5.80. The van der Waals surface area contributed by atoms with Crippen molar-refractivity contribution in [3.05, 3.63) is 11.6 Å². The van der Waals surface area contributed by atoms with Crippen LogP contribution in [0.1, 0.15) is 46.5 Å². The highest BCUT2D eigenvalue weighted by molar-refractivity contribution is 5.97. The van der Waals surface area contributed by atoms with Crippen LogP contribution in [0.3, 0.4) is 0 Å². The maximum Gasteiger partial charge on any atom is 0.161 e. The molecule has 2 heteroatoms. The molecule has 16 heavy (non-hydrogen) atoms. The van der Waals surface area contributed by atoms with Gasteiger partial charge in [-0.3, -0.25) is 4.79 Å². The van der Waals surface area contributed by atoms with Crippen molar-refractivity contribution in [1.82, 2.24) is 0 Å². The molecule has 1 fully saturated rings. The van der Waals surface area contributed by atoms with Gasteiger partial charge in [0.1, 0.15) is 0 Å². The van der Waals surface area contributed by atoms with E-state index in [1.807, 2.05) is 0 Å². The average Bonchev–Trinajstić information content (AvgIpc) is 2.20. The number of aliphatic hydroxyl groups excluding tert-OH is 1. The van der Waals surface area contributed by atoms with Crippen LogP contribution in [0.15, 0.2) is 11.6 Å². The van der Waals surface area contributed by atoms with Crippen molar-refractivity contribution in [2.75, 3.05) is 0 Å². The lowest BCUT2D eigenvalue weighted by molar-refractivity contribution is -0.120. The fourth-order valence-corrected chi connectivity index (χ4v) is 3.39. The fourth-order valence-electron chi connectivity index (χ4n) is 3.39. The van der Waals surface area contributed by atoms with Gasteiger partial charge < -0.3 is 5.11 Å². The van der Waals surface area contributed by atoms with Crippen molar-refractivity contribution in [1.29, 1.82) is 0 Å². The van der Waals surface area contributed by atoms with Crippen molar-refractivity contribution < 1.29 is 9.90 Å². The second kappa shape index (κ2) is 3.99. The predicted octanol–water partition coefficient (Wildman–Crippen LogP) is 2.71. The lowest BCUT2D eigenvalue weighted by Crippen LogP contribution is -2.42. The Balaban J connectivity index is 2.38. The standard InChI is InChI=1S/C14H22O2/c1-9-5-4-6-11-7-13(16)12(10(2)15)8-14(9,11)3/h8-11,15H,4-7H2,1-3H3. The number of ketones is 1. The quantitative estimate of drug-likeness (QED) is 0.740. The van der Waals surface area contributed by atoms with Gasteiger partial charge in [-0.05, 0) is 37.0 Å². The Morgan fingerprint density at radius 1 is 1.50 bits per heavy atom. The van der Waals surface area contributed by atoms with Gasteiger partial charge in [-0.15, -0.1) is 0 Å². The van der Waals surface area contributed by atoms with Gasteiger partial charge in [0.25, 0.3) is 0 Å². The first-order chi connectivity index (χ1) is 7.45. The first-order valence-electron chi connectivity index (χ1n) is 6.39. The van der Waals surface area contributed by atoms with Crippen LogP contribution in [0.2, 0.25) is 0 Å². The third-order valence-corrected chi connectivity index (χ3v) is 4.80. The zero-order valence-corrected chi connectivity index (χ0v) is 10.5. The smallest absolute Gasteiger partial charge is 0.161 e. The van der Waals surface area contributed by atoms with E-state index in [1.165, 1.54) is 12.8 Å². The molecule has 0 radical (unpaired) electrons. The van der Waals surface area contributed by atoms with E-state index in [-0.39, 0.29) is 11.2 Å². The van der Waals surface area contributed by atoms with Crippen molar-refractivity contribution in [3.63, 3.8) is 0 Å². The van der Waals surface area contributed by atoms with E-state index in [4.69, 9.17) is 0 Å². The highest BCUT2D eigenvalue weighted by atomic mass is 16.3. The highest BCUT2D eigenvalue weighted by Gasteiger charge is 2.44. The number of aliphatic hydroxyl groups is 1. The molecule has 0 saturated heterocycles. The Labute approximate surface area is 97.7 Å². The number of hydrogen-bond donors (Lipinski definition) is 1. The van der Waals surface area contributed by atoms with Gasteiger partial charge >= 0.3 is 0 Å². The Kier molecular flexibility index (Phi) is 2.95. The summed E-state index contributed by atoms with van der Waals surface area (Å²) in [5, 5.41) is 9.65. The van der Waals surface area contributed by atoms with E-state index in [0.29, 0.717) is 23.8 Å².